The molecular weight excluding hydrogens is 293 g/mol. The number of hydrogen-bond acceptors (Lipinski definition) is 2. The Morgan fingerprint density at radius 3 is 2.57 bits per heavy atom. The Kier molecular flexibility index (Phi) is 4.47. The van der Waals surface area contributed by atoms with E-state index in [9.17, 15) is 9.18 Å². The van der Waals surface area contributed by atoms with Gasteiger partial charge in [-0.25, -0.2) is 4.39 Å². The maximum Gasteiger partial charge on any atom is 0.229 e. The average Bonchev–Trinajstić information content (AvgIpc) is 2.97. The van der Waals surface area contributed by atoms with Crippen LogP contribution in [0.15, 0.2) is 66.9 Å². The van der Waals surface area contributed by atoms with Gasteiger partial charge in [0.25, 0.3) is 0 Å². The van der Waals surface area contributed by atoms with Crippen LogP contribution < -0.4 is 5.32 Å². The Labute approximate surface area is 133 Å². The Bertz CT molecular complexity index is 799. The van der Waals surface area contributed by atoms with E-state index < -0.39 is 0 Å². The van der Waals surface area contributed by atoms with E-state index in [1.807, 2.05) is 30.3 Å². The van der Waals surface area contributed by atoms with Gasteiger partial charge in [-0.2, -0.15) is 5.10 Å². The third-order valence-electron chi connectivity index (χ3n) is 3.41. The van der Waals surface area contributed by atoms with Crippen molar-refractivity contribution in [2.24, 2.45) is 0 Å². The van der Waals surface area contributed by atoms with Gasteiger partial charge in [0.1, 0.15) is 5.82 Å². The predicted octanol–water partition coefficient (Wildman–Crippen LogP) is 3.25. The molecule has 0 radical (unpaired) electrons. The minimum Gasteiger partial charge on any atom is -0.309 e. The fraction of sp³-hybridized carbons (Fsp3) is 0.111. The van der Waals surface area contributed by atoms with Gasteiger partial charge in [0.05, 0.1) is 13.0 Å². The largest absolute Gasteiger partial charge is 0.309 e. The third-order valence-corrected chi connectivity index (χ3v) is 3.41. The first-order valence-corrected chi connectivity index (χ1v) is 7.31. The fourth-order valence-corrected chi connectivity index (χ4v) is 2.29. The molecule has 0 aliphatic heterocycles. The SMILES string of the molecule is O=C(Cc1ccccc1)Nc1ccn(Cc2ccccc2F)n1. The fourth-order valence-electron chi connectivity index (χ4n) is 2.29. The van der Waals surface area contributed by atoms with Crippen LogP contribution in [0.3, 0.4) is 0 Å². The molecule has 116 valence electrons. The lowest BCUT2D eigenvalue weighted by molar-refractivity contribution is -0.115. The highest BCUT2D eigenvalue weighted by molar-refractivity contribution is 5.91. The van der Waals surface area contributed by atoms with Crippen LogP contribution in [0.1, 0.15) is 11.1 Å². The molecule has 5 heteroatoms. The van der Waals surface area contributed by atoms with Crippen LogP contribution in [0.25, 0.3) is 0 Å². The van der Waals surface area contributed by atoms with Crippen LogP contribution in [-0.2, 0) is 17.8 Å². The molecule has 4 nitrogen and oxygen atoms in total. The molecule has 0 unspecified atom stereocenters. The smallest absolute Gasteiger partial charge is 0.229 e. The number of nitrogens with zero attached hydrogens (tertiary/aromatic N) is 2. The number of carbonyl (C=O) groups is 1. The minimum absolute atomic E-state index is 0.132. The normalized spacial score (nSPS) is 10.5. The first-order valence-electron chi connectivity index (χ1n) is 7.31. The molecule has 0 spiro atoms. The van der Waals surface area contributed by atoms with E-state index in [2.05, 4.69) is 10.4 Å². The summed E-state index contributed by atoms with van der Waals surface area (Å²) in [5.74, 6) is 0.0623. The van der Waals surface area contributed by atoms with E-state index in [0.29, 0.717) is 24.3 Å². The van der Waals surface area contributed by atoms with E-state index in [4.69, 9.17) is 0 Å². The summed E-state index contributed by atoms with van der Waals surface area (Å²) < 4.78 is 15.2. The summed E-state index contributed by atoms with van der Waals surface area (Å²) >= 11 is 0. The van der Waals surface area contributed by atoms with Gasteiger partial charge in [0, 0.05) is 17.8 Å². The van der Waals surface area contributed by atoms with Gasteiger partial charge in [-0.15, -0.1) is 0 Å². The van der Waals surface area contributed by atoms with Gasteiger partial charge in [-0.1, -0.05) is 48.5 Å². The van der Waals surface area contributed by atoms with Gasteiger partial charge < -0.3 is 5.32 Å². The Morgan fingerprint density at radius 1 is 1.04 bits per heavy atom. The van der Waals surface area contributed by atoms with Crippen molar-refractivity contribution in [1.29, 1.82) is 0 Å². The van der Waals surface area contributed by atoms with E-state index >= 15 is 0 Å². The van der Waals surface area contributed by atoms with E-state index in [1.165, 1.54) is 6.07 Å². The summed E-state index contributed by atoms with van der Waals surface area (Å²) in [6.07, 6.45) is 2.01. The van der Waals surface area contributed by atoms with Crippen molar-refractivity contribution in [3.8, 4) is 0 Å². The molecule has 0 saturated carbocycles. The Hall–Kier alpha value is -2.95. The monoisotopic (exact) mass is 309 g/mol. The standard InChI is InChI=1S/C18H16FN3O/c19-16-9-5-4-8-15(16)13-22-11-10-17(21-22)20-18(23)12-14-6-2-1-3-7-14/h1-11H,12-13H2,(H,20,21,23). The molecule has 2 aromatic carbocycles. The number of aromatic nitrogens is 2. The van der Waals surface area contributed by atoms with Crippen molar-refractivity contribution in [1.82, 2.24) is 9.78 Å². The van der Waals surface area contributed by atoms with E-state index in [1.54, 1.807) is 35.1 Å². The van der Waals surface area contributed by atoms with Crippen LogP contribution in [-0.4, -0.2) is 15.7 Å². The van der Waals surface area contributed by atoms with Gasteiger partial charge >= 0.3 is 0 Å². The maximum absolute atomic E-state index is 13.6. The molecule has 1 aromatic heterocycles. The lowest BCUT2D eigenvalue weighted by Gasteiger charge is -2.04. The third kappa shape index (κ3) is 4.03. The molecule has 0 saturated heterocycles. The number of halogens is 1. The number of nitrogens with one attached hydrogen (secondary N) is 1. The summed E-state index contributed by atoms with van der Waals surface area (Å²) in [5, 5.41) is 6.99. The molecule has 1 amide bonds. The summed E-state index contributed by atoms with van der Waals surface area (Å²) in [4.78, 5) is 12.0. The Balaban J connectivity index is 1.61. The lowest BCUT2D eigenvalue weighted by atomic mass is 10.1. The second-order valence-electron chi connectivity index (χ2n) is 5.20. The molecule has 1 heterocycles. The highest BCUT2D eigenvalue weighted by Crippen LogP contribution is 2.10. The Morgan fingerprint density at radius 2 is 1.78 bits per heavy atom. The van der Waals surface area contributed by atoms with E-state index in [0.717, 1.165) is 5.56 Å². The quantitative estimate of drug-likeness (QED) is 0.786. The molecule has 1 N–H and O–H groups in total. The van der Waals surface area contributed by atoms with Gasteiger partial charge in [0.2, 0.25) is 5.91 Å². The molecule has 0 atom stereocenters. The second kappa shape index (κ2) is 6.87. The van der Waals surface area contributed by atoms with Gasteiger partial charge in [0.15, 0.2) is 5.82 Å². The average molecular weight is 309 g/mol. The summed E-state index contributed by atoms with van der Waals surface area (Å²) in [6, 6.07) is 17.8. The van der Waals surface area contributed by atoms with Crippen molar-refractivity contribution < 1.29 is 9.18 Å². The van der Waals surface area contributed by atoms with Crippen LogP contribution in [0, 0.1) is 5.82 Å². The molecule has 3 aromatic rings. The van der Waals surface area contributed by atoms with Crippen LogP contribution >= 0.6 is 0 Å². The summed E-state index contributed by atoms with van der Waals surface area (Å²) in [7, 11) is 0. The number of rotatable bonds is 5. The highest BCUT2D eigenvalue weighted by atomic mass is 19.1. The molecule has 0 fully saturated rings. The van der Waals surface area contributed by atoms with E-state index in [-0.39, 0.29) is 11.7 Å². The highest BCUT2D eigenvalue weighted by Gasteiger charge is 2.07. The van der Waals surface area contributed by atoms with Gasteiger partial charge in [-0.3, -0.25) is 9.48 Å². The maximum atomic E-state index is 13.6. The minimum atomic E-state index is -0.266. The van der Waals surface area contributed by atoms with Crippen molar-refractivity contribution in [3.63, 3.8) is 0 Å². The van der Waals surface area contributed by atoms with Crippen LogP contribution in [0.5, 0.6) is 0 Å². The molecular formula is C18H16FN3O. The van der Waals surface area contributed by atoms with Crippen molar-refractivity contribution in [2.75, 3.05) is 5.32 Å². The summed E-state index contributed by atoms with van der Waals surface area (Å²) in [5.41, 5.74) is 1.49. The van der Waals surface area contributed by atoms with Crippen LogP contribution in [0.2, 0.25) is 0 Å². The molecule has 3 rings (SSSR count). The topological polar surface area (TPSA) is 46.9 Å². The van der Waals surface area contributed by atoms with Crippen LogP contribution in [0.4, 0.5) is 10.2 Å². The number of hydrogen-bond donors (Lipinski definition) is 1. The number of carbonyl (C=O) groups excluding carboxylic acids is 1. The first-order chi connectivity index (χ1) is 11.2. The molecule has 0 aliphatic carbocycles. The van der Waals surface area contributed by atoms with Crippen molar-refractivity contribution in [3.05, 3.63) is 83.8 Å². The zero-order valence-electron chi connectivity index (χ0n) is 12.4. The number of amides is 1. The number of anilines is 1. The lowest BCUT2D eigenvalue weighted by Crippen LogP contribution is -2.15. The first kappa shape index (κ1) is 15.0. The van der Waals surface area contributed by atoms with Gasteiger partial charge in [-0.05, 0) is 11.6 Å². The summed E-state index contributed by atoms with van der Waals surface area (Å²) in [6.45, 7) is 0.321. The number of benzene rings is 2. The molecule has 0 aliphatic rings. The molecule has 23 heavy (non-hydrogen) atoms. The zero-order chi connectivity index (χ0) is 16.1. The van der Waals surface area contributed by atoms with Crippen molar-refractivity contribution >= 4 is 11.7 Å². The zero-order valence-corrected chi connectivity index (χ0v) is 12.4. The predicted molar refractivity (Wildman–Crippen MR) is 86.5 cm³/mol. The van der Waals surface area contributed by atoms with Crippen molar-refractivity contribution in [2.45, 2.75) is 13.0 Å². The molecule has 0 bridgehead atoms. The second-order valence-corrected chi connectivity index (χ2v) is 5.20.